The van der Waals surface area contributed by atoms with Crippen LogP contribution < -0.4 is 0 Å². The summed E-state index contributed by atoms with van der Waals surface area (Å²) in [5.74, 6) is 1.93. The summed E-state index contributed by atoms with van der Waals surface area (Å²) in [5.41, 5.74) is 1.78. The molecule has 2 aliphatic carbocycles. The van der Waals surface area contributed by atoms with Crippen LogP contribution in [0.4, 0.5) is 0 Å². The van der Waals surface area contributed by atoms with Crippen molar-refractivity contribution < 1.29 is 19.3 Å². The van der Waals surface area contributed by atoms with E-state index in [2.05, 4.69) is 26.0 Å². The number of carbonyl (C=O) groups is 1. The summed E-state index contributed by atoms with van der Waals surface area (Å²) < 4.78 is 5.01. The van der Waals surface area contributed by atoms with Crippen molar-refractivity contribution in [3.63, 3.8) is 0 Å². The molecule has 2 aliphatic rings. The van der Waals surface area contributed by atoms with Crippen LogP contribution in [0.3, 0.4) is 0 Å². The smallest absolute Gasteiger partial charge is 0.330 e. The number of carbonyl (C=O) groups excluding carboxylic acids is 1. The first-order chi connectivity index (χ1) is 13.5. The molecular weight excluding hydrogens is 352 g/mol. The molecule has 4 nitrogen and oxygen atoms in total. The molecule has 28 heavy (non-hydrogen) atoms. The van der Waals surface area contributed by atoms with Crippen molar-refractivity contribution >= 4 is 5.97 Å². The molecule has 2 saturated carbocycles. The van der Waals surface area contributed by atoms with Crippen molar-refractivity contribution in [3.05, 3.63) is 36.0 Å². The Hall–Kier alpha value is -1.39. The molecule has 1 unspecified atom stereocenters. The Morgan fingerprint density at radius 2 is 1.93 bits per heavy atom. The lowest BCUT2D eigenvalue weighted by Crippen LogP contribution is -2.36. The number of fused-ring (bicyclic) bond motifs is 1. The lowest BCUT2D eigenvalue weighted by Gasteiger charge is -2.45. The Bertz CT molecular complexity index is 577. The minimum Gasteiger partial charge on any atom is -0.463 e. The van der Waals surface area contributed by atoms with E-state index in [9.17, 15) is 4.79 Å². The van der Waals surface area contributed by atoms with Crippen molar-refractivity contribution in [2.75, 3.05) is 19.8 Å². The summed E-state index contributed by atoms with van der Waals surface area (Å²) in [4.78, 5) is 21.7. The summed E-state index contributed by atoms with van der Waals surface area (Å²) in [5, 5.41) is 0. The van der Waals surface area contributed by atoms with Gasteiger partial charge in [-0.15, -0.1) is 0 Å². The lowest BCUT2D eigenvalue weighted by atomic mass is 9.60. The maximum absolute atomic E-state index is 11.7. The highest BCUT2D eigenvalue weighted by molar-refractivity contribution is 5.82. The van der Waals surface area contributed by atoms with Crippen LogP contribution in [-0.4, -0.2) is 25.8 Å². The highest BCUT2D eigenvalue weighted by Gasteiger charge is 2.50. The van der Waals surface area contributed by atoms with Crippen LogP contribution in [0.15, 0.2) is 36.0 Å². The van der Waals surface area contributed by atoms with Gasteiger partial charge in [-0.05, 0) is 62.7 Å². The third-order valence-corrected chi connectivity index (χ3v) is 6.63. The van der Waals surface area contributed by atoms with E-state index in [0.717, 1.165) is 18.3 Å². The molecule has 2 fully saturated rings. The van der Waals surface area contributed by atoms with Gasteiger partial charge >= 0.3 is 5.97 Å². The van der Waals surface area contributed by atoms with E-state index in [4.69, 9.17) is 14.5 Å². The molecule has 0 aromatic rings. The zero-order valence-corrected chi connectivity index (χ0v) is 18.1. The highest BCUT2D eigenvalue weighted by Crippen LogP contribution is 2.59. The van der Waals surface area contributed by atoms with Crippen molar-refractivity contribution in [1.29, 1.82) is 0 Å². The minimum atomic E-state index is -0.277. The van der Waals surface area contributed by atoms with E-state index in [-0.39, 0.29) is 5.97 Å². The molecule has 2 rings (SSSR count). The Labute approximate surface area is 170 Å². The van der Waals surface area contributed by atoms with Gasteiger partial charge in [-0.1, -0.05) is 56.6 Å². The topological polar surface area (TPSA) is 44.8 Å². The predicted octanol–water partition coefficient (Wildman–Crippen LogP) is 5.80. The molecular formula is C24H38O4. The quantitative estimate of drug-likeness (QED) is 0.0899. The summed E-state index contributed by atoms with van der Waals surface area (Å²) in [6.45, 7) is 10.1. The van der Waals surface area contributed by atoms with Gasteiger partial charge in [-0.3, -0.25) is 0 Å². The van der Waals surface area contributed by atoms with Gasteiger partial charge in [-0.25, -0.2) is 14.6 Å². The average Bonchev–Trinajstić information content (AvgIpc) is 3.01. The van der Waals surface area contributed by atoms with E-state index in [0.29, 0.717) is 31.2 Å². The standard InChI is InChI=1S/C24H38O4/c1-5-26-23(25)14-9-13-20(12-7-8-18-28-27-6-2)22-16-15-21-19(3)11-10-17-24(21,22)4/h7-9,13-14,19,21-22H,5-6,10-12,15-18H2,1-4H3/b8-7+,14-9+,20-13-/t19-,21?,22+,24-/m0/s1. The molecule has 0 radical (unpaired) electrons. The van der Waals surface area contributed by atoms with E-state index in [1.807, 2.05) is 26.0 Å². The number of rotatable bonds is 10. The van der Waals surface area contributed by atoms with Gasteiger partial charge in [-0.2, -0.15) is 0 Å². The Kier molecular flexibility index (Phi) is 9.46. The molecule has 0 aliphatic heterocycles. The van der Waals surface area contributed by atoms with Gasteiger partial charge in [0.05, 0.1) is 13.2 Å². The molecule has 0 saturated heterocycles. The molecule has 0 aromatic carbocycles. The number of ether oxygens (including phenoxy) is 1. The van der Waals surface area contributed by atoms with Gasteiger partial charge < -0.3 is 4.74 Å². The molecule has 0 amide bonds. The van der Waals surface area contributed by atoms with Crippen LogP contribution >= 0.6 is 0 Å². The second kappa shape index (κ2) is 11.6. The van der Waals surface area contributed by atoms with Gasteiger partial charge in [0.2, 0.25) is 0 Å². The van der Waals surface area contributed by atoms with Crippen LogP contribution in [0, 0.1) is 23.2 Å². The molecule has 0 aromatic heterocycles. The third kappa shape index (κ3) is 6.05. The predicted molar refractivity (Wildman–Crippen MR) is 113 cm³/mol. The van der Waals surface area contributed by atoms with Crippen LogP contribution in [-0.2, 0) is 19.3 Å². The Balaban J connectivity index is 2.12. The first kappa shape index (κ1) is 22.9. The normalized spacial score (nSPS) is 30.9. The van der Waals surface area contributed by atoms with Crippen LogP contribution in [0.2, 0.25) is 0 Å². The monoisotopic (exact) mass is 390 g/mol. The maximum Gasteiger partial charge on any atom is 0.330 e. The Morgan fingerprint density at radius 3 is 2.68 bits per heavy atom. The largest absolute Gasteiger partial charge is 0.463 e. The zero-order chi connectivity index (χ0) is 20.4. The van der Waals surface area contributed by atoms with Crippen LogP contribution in [0.1, 0.15) is 66.2 Å². The molecule has 4 heteroatoms. The molecule has 0 spiro atoms. The van der Waals surface area contributed by atoms with Crippen LogP contribution in [0.25, 0.3) is 0 Å². The summed E-state index contributed by atoms with van der Waals surface area (Å²) in [7, 11) is 0. The molecule has 4 atom stereocenters. The zero-order valence-electron chi connectivity index (χ0n) is 18.1. The summed E-state index contributed by atoms with van der Waals surface area (Å²) in [6.07, 6.45) is 17.1. The number of hydrogen-bond acceptors (Lipinski definition) is 4. The van der Waals surface area contributed by atoms with Crippen molar-refractivity contribution in [2.45, 2.75) is 66.2 Å². The van der Waals surface area contributed by atoms with E-state index in [1.165, 1.54) is 43.8 Å². The fourth-order valence-corrected chi connectivity index (χ4v) is 5.40. The van der Waals surface area contributed by atoms with Crippen molar-refractivity contribution in [1.82, 2.24) is 0 Å². The molecule has 0 N–H and O–H groups in total. The van der Waals surface area contributed by atoms with Gasteiger partial charge in [0.15, 0.2) is 0 Å². The number of hydrogen-bond donors (Lipinski definition) is 0. The molecule has 158 valence electrons. The first-order valence-corrected chi connectivity index (χ1v) is 11.0. The van der Waals surface area contributed by atoms with Gasteiger partial charge in [0, 0.05) is 6.08 Å². The Morgan fingerprint density at radius 1 is 1.11 bits per heavy atom. The average molecular weight is 391 g/mol. The SMILES string of the molecule is CCOOC/C=C/C/C(=C/C=C/C(=O)OCC)[C@H]1CCC2[C@@H](C)CCC[C@@]21C. The van der Waals surface area contributed by atoms with E-state index < -0.39 is 0 Å². The summed E-state index contributed by atoms with van der Waals surface area (Å²) >= 11 is 0. The van der Waals surface area contributed by atoms with E-state index >= 15 is 0 Å². The number of allylic oxidation sites excluding steroid dienone is 4. The molecule has 0 bridgehead atoms. The van der Waals surface area contributed by atoms with E-state index in [1.54, 1.807) is 0 Å². The fraction of sp³-hybridized carbons (Fsp3) is 0.708. The van der Waals surface area contributed by atoms with Crippen molar-refractivity contribution in [3.8, 4) is 0 Å². The minimum absolute atomic E-state index is 0.277. The maximum atomic E-state index is 11.7. The second-order valence-corrected chi connectivity index (χ2v) is 8.33. The van der Waals surface area contributed by atoms with Crippen LogP contribution in [0.5, 0.6) is 0 Å². The third-order valence-electron chi connectivity index (χ3n) is 6.63. The number of esters is 1. The van der Waals surface area contributed by atoms with Gasteiger partial charge in [0.1, 0.15) is 6.61 Å². The van der Waals surface area contributed by atoms with Crippen molar-refractivity contribution in [2.24, 2.45) is 23.2 Å². The highest BCUT2D eigenvalue weighted by atomic mass is 17.2. The first-order valence-electron chi connectivity index (χ1n) is 11.0. The second-order valence-electron chi connectivity index (χ2n) is 8.33. The lowest BCUT2D eigenvalue weighted by molar-refractivity contribution is -0.282. The van der Waals surface area contributed by atoms with Gasteiger partial charge in [0.25, 0.3) is 0 Å². The fourth-order valence-electron chi connectivity index (χ4n) is 5.40. The summed E-state index contributed by atoms with van der Waals surface area (Å²) in [6, 6.07) is 0. The molecule has 0 heterocycles.